The van der Waals surface area contributed by atoms with Gasteiger partial charge in [0, 0.05) is 24.2 Å². The minimum absolute atomic E-state index is 0.0967. The Morgan fingerprint density at radius 1 is 1.45 bits per heavy atom. The lowest BCUT2D eigenvalue weighted by Gasteiger charge is -2.22. The summed E-state index contributed by atoms with van der Waals surface area (Å²) in [6, 6.07) is 4.18. The van der Waals surface area contributed by atoms with Gasteiger partial charge in [-0.3, -0.25) is 0 Å². The van der Waals surface area contributed by atoms with Crippen molar-refractivity contribution in [2.45, 2.75) is 31.9 Å². The zero-order chi connectivity index (χ0) is 13.9. The topological polar surface area (TPSA) is 36.4 Å². The van der Waals surface area contributed by atoms with Crippen LogP contribution in [0.4, 0.5) is 0 Å². The zero-order valence-corrected chi connectivity index (χ0v) is 13.3. The molecule has 0 bridgehead atoms. The van der Waals surface area contributed by atoms with Gasteiger partial charge in [0.25, 0.3) is 0 Å². The lowest BCUT2D eigenvalue weighted by Crippen LogP contribution is -2.29. The van der Waals surface area contributed by atoms with Crippen molar-refractivity contribution >= 4 is 22.7 Å². The Balaban J connectivity index is 1.57. The molecule has 2 unspecified atom stereocenters. The largest absolute Gasteiger partial charge is 0.393 e. The maximum atomic E-state index is 9.90. The summed E-state index contributed by atoms with van der Waals surface area (Å²) >= 11 is 3.51. The third kappa shape index (κ3) is 3.28. The SMILES string of the molecule is CN(Cc1cnc(-c2cccs2)s1)CC1CCCC1O. The first kappa shape index (κ1) is 14.2. The fourth-order valence-corrected chi connectivity index (χ4v) is 4.65. The van der Waals surface area contributed by atoms with Crippen LogP contribution in [0, 0.1) is 5.92 Å². The van der Waals surface area contributed by atoms with E-state index in [9.17, 15) is 5.11 Å². The molecule has 3 nitrogen and oxygen atoms in total. The van der Waals surface area contributed by atoms with Crippen molar-refractivity contribution in [3.63, 3.8) is 0 Å². The Bertz CT molecular complexity index is 538. The maximum Gasteiger partial charge on any atom is 0.133 e. The quantitative estimate of drug-likeness (QED) is 0.919. The Morgan fingerprint density at radius 3 is 3.05 bits per heavy atom. The summed E-state index contributed by atoms with van der Waals surface area (Å²) < 4.78 is 0. The Morgan fingerprint density at radius 2 is 2.35 bits per heavy atom. The highest BCUT2D eigenvalue weighted by Crippen LogP contribution is 2.30. The van der Waals surface area contributed by atoms with Crippen molar-refractivity contribution in [2.75, 3.05) is 13.6 Å². The zero-order valence-electron chi connectivity index (χ0n) is 11.7. The number of aliphatic hydroxyl groups excluding tert-OH is 1. The number of thiophene rings is 1. The molecule has 0 aliphatic heterocycles. The second-order valence-electron chi connectivity index (χ2n) is 5.56. The summed E-state index contributed by atoms with van der Waals surface area (Å²) in [6.45, 7) is 1.90. The molecule has 0 aromatic carbocycles. The average molecular weight is 308 g/mol. The number of aliphatic hydroxyl groups is 1. The second kappa shape index (κ2) is 6.35. The van der Waals surface area contributed by atoms with Crippen molar-refractivity contribution in [3.05, 3.63) is 28.6 Å². The molecule has 0 saturated heterocycles. The van der Waals surface area contributed by atoms with Crippen LogP contribution in [-0.4, -0.2) is 34.7 Å². The van der Waals surface area contributed by atoms with Crippen LogP contribution in [-0.2, 0) is 6.54 Å². The van der Waals surface area contributed by atoms with Gasteiger partial charge in [-0.15, -0.1) is 22.7 Å². The van der Waals surface area contributed by atoms with Gasteiger partial charge in [-0.05, 0) is 37.3 Å². The number of aromatic nitrogens is 1. The normalized spacial score (nSPS) is 22.8. The molecule has 0 radical (unpaired) electrons. The van der Waals surface area contributed by atoms with Crippen LogP contribution >= 0.6 is 22.7 Å². The molecular weight excluding hydrogens is 288 g/mol. The highest BCUT2D eigenvalue weighted by Gasteiger charge is 2.26. The highest BCUT2D eigenvalue weighted by molar-refractivity contribution is 7.20. The van der Waals surface area contributed by atoms with Gasteiger partial charge < -0.3 is 10.0 Å². The van der Waals surface area contributed by atoms with Gasteiger partial charge in [0.15, 0.2) is 0 Å². The summed E-state index contributed by atoms with van der Waals surface area (Å²) in [5, 5.41) is 13.1. The van der Waals surface area contributed by atoms with Crippen molar-refractivity contribution in [1.82, 2.24) is 9.88 Å². The fraction of sp³-hybridized carbons (Fsp3) is 0.533. The van der Waals surface area contributed by atoms with Crippen molar-refractivity contribution in [3.8, 4) is 9.88 Å². The van der Waals surface area contributed by atoms with Gasteiger partial charge in [-0.1, -0.05) is 12.5 Å². The molecule has 0 amide bonds. The molecule has 1 aliphatic rings. The van der Waals surface area contributed by atoms with Gasteiger partial charge in [-0.2, -0.15) is 0 Å². The summed E-state index contributed by atoms with van der Waals surface area (Å²) in [7, 11) is 2.13. The van der Waals surface area contributed by atoms with Crippen LogP contribution in [0.25, 0.3) is 9.88 Å². The van der Waals surface area contributed by atoms with Gasteiger partial charge in [-0.25, -0.2) is 4.98 Å². The van der Waals surface area contributed by atoms with E-state index in [-0.39, 0.29) is 6.10 Å². The monoisotopic (exact) mass is 308 g/mol. The third-order valence-electron chi connectivity index (χ3n) is 3.88. The predicted octanol–water partition coefficient (Wildman–Crippen LogP) is 3.46. The van der Waals surface area contributed by atoms with E-state index in [0.717, 1.165) is 30.9 Å². The highest BCUT2D eigenvalue weighted by atomic mass is 32.1. The van der Waals surface area contributed by atoms with Crippen LogP contribution in [0.3, 0.4) is 0 Å². The van der Waals surface area contributed by atoms with Gasteiger partial charge in [0.05, 0.1) is 11.0 Å². The first-order chi connectivity index (χ1) is 9.72. The lowest BCUT2D eigenvalue weighted by atomic mass is 10.1. The molecule has 20 heavy (non-hydrogen) atoms. The Labute approximate surface area is 127 Å². The molecule has 2 aromatic heterocycles. The van der Waals surface area contributed by atoms with Crippen LogP contribution in [0.1, 0.15) is 24.1 Å². The number of hydrogen-bond acceptors (Lipinski definition) is 5. The van der Waals surface area contributed by atoms with E-state index in [4.69, 9.17) is 0 Å². The van der Waals surface area contributed by atoms with E-state index in [1.54, 1.807) is 22.7 Å². The fourth-order valence-electron chi connectivity index (χ4n) is 2.86. The molecule has 108 valence electrons. The lowest BCUT2D eigenvalue weighted by molar-refractivity contribution is 0.108. The molecule has 0 spiro atoms. The van der Waals surface area contributed by atoms with E-state index >= 15 is 0 Å². The first-order valence-corrected chi connectivity index (χ1v) is 8.77. The summed E-state index contributed by atoms with van der Waals surface area (Å²) in [5.74, 6) is 0.449. The van der Waals surface area contributed by atoms with Crippen LogP contribution < -0.4 is 0 Å². The number of rotatable bonds is 5. The standard InChI is InChI=1S/C15H20N2OS2/c1-17(9-11-4-2-5-13(11)18)10-12-8-16-15(20-12)14-6-3-7-19-14/h3,6-8,11,13,18H,2,4-5,9-10H2,1H3. The first-order valence-electron chi connectivity index (χ1n) is 7.07. The third-order valence-corrected chi connectivity index (χ3v) is 5.90. The van der Waals surface area contributed by atoms with E-state index in [1.807, 2.05) is 6.20 Å². The van der Waals surface area contributed by atoms with Gasteiger partial charge in [0.2, 0.25) is 0 Å². The molecule has 1 N–H and O–H groups in total. The minimum atomic E-state index is -0.0967. The smallest absolute Gasteiger partial charge is 0.133 e. The molecule has 1 saturated carbocycles. The van der Waals surface area contributed by atoms with Crippen LogP contribution in [0.5, 0.6) is 0 Å². The van der Waals surface area contributed by atoms with E-state index in [1.165, 1.54) is 16.2 Å². The molecule has 1 fully saturated rings. The molecule has 3 rings (SSSR count). The second-order valence-corrected chi connectivity index (χ2v) is 7.63. The average Bonchev–Trinajstić information content (AvgIpc) is 3.12. The van der Waals surface area contributed by atoms with Gasteiger partial charge in [0.1, 0.15) is 5.01 Å². The van der Waals surface area contributed by atoms with Crippen molar-refractivity contribution < 1.29 is 5.11 Å². The molecule has 5 heteroatoms. The number of thiazole rings is 1. The summed E-state index contributed by atoms with van der Waals surface area (Å²) in [6.07, 6.45) is 5.20. The minimum Gasteiger partial charge on any atom is -0.393 e. The summed E-state index contributed by atoms with van der Waals surface area (Å²) in [4.78, 5) is 9.36. The Kier molecular flexibility index (Phi) is 4.51. The van der Waals surface area contributed by atoms with Gasteiger partial charge >= 0.3 is 0 Å². The van der Waals surface area contributed by atoms with E-state index in [0.29, 0.717) is 5.92 Å². The number of hydrogen-bond donors (Lipinski definition) is 1. The van der Waals surface area contributed by atoms with Crippen LogP contribution in [0.2, 0.25) is 0 Å². The predicted molar refractivity (Wildman–Crippen MR) is 85.1 cm³/mol. The number of nitrogens with zero attached hydrogens (tertiary/aromatic N) is 2. The molecule has 1 aliphatic carbocycles. The molecule has 2 aromatic rings. The molecule has 2 heterocycles. The maximum absolute atomic E-state index is 9.90. The molecule has 2 atom stereocenters. The van der Waals surface area contributed by atoms with E-state index < -0.39 is 0 Å². The molecular formula is C15H20N2OS2. The van der Waals surface area contributed by atoms with Crippen molar-refractivity contribution in [1.29, 1.82) is 0 Å². The van der Waals surface area contributed by atoms with Crippen LogP contribution in [0.15, 0.2) is 23.7 Å². The van der Waals surface area contributed by atoms with Crippen molar-refractivity contribution in [2.24, 2.45) is 5.92 Å². The summed E-state index contributed by atoms with van der Waals surface area (Å²) in [5.41, 5.74) is 0. The Hall–Kier alpha value is -0.750. The van der Waals surface area contributed by atoms with E-state index in [2.05, 4.69) is 34.4 Å².